The second-order valence-corrected chi connectivity index (χ2v) is 8.25. The lowest BCUT2D eigenvalue weighted by atomic mass is 9.82. The molecule has 3 atom stereocenters. The van der Waals surface area contributed by atoms with Gasteiger partial charge < -0.3 is 9.64 Å². The van der Waals surface area contributed by atoms with Crippen molar-refractivity contribution >= 4 is 6.09 Å². The van der Waals surface area contributed by atoms with Crippen LogP contribution in [0.1, 0.15) is 67.2 Å². The average Bonchev–Trinajstić information content (AvgIpc) is 2.94. The Morgan fingerprint density at radius 3 is 2.50 bits per heavy atom. The summed E-state index contributed by atoms with van der Waals surface area (Å²) in [6.07, 6.45) is 4.99. The van der Waals surface area contributed by atoms with Gasteiger partial charge in [0.2, 0.25) is 0 Å². The maximum atomic E-state index is 12.2. The van der Waals surface area contributed by atoms with Gasteiger partial charge >= 0.3 is 6.09 Å². The number of carbonyl (C=O) groups is 1. The SMILES string of the molecule is CC(C[C@H]1CCN(C(=O)OC(C)(C)C)[C@H]1C)C1(C)CC1. The first-order valence-electron chi connectivity index (χ1n) is 8.12. The molecule has 0 bridgehead atoms. The standard InChI is InChI=1S/C17H31NO2/c1-12(17(6)8-9-17)11-14-7-10-18(13(14)2)15(19)20-16(3,4)5/h12-14H,7-11H2,1-6H3/t12?,13-,14+/m0/s1. The Bertz CT molecular complexity index is 368. The third kappa shape index (κ3) is 3.48. The zero-order valence-electron chi connectivity index (χ0n) is 14.0. The molecule has 1 unspecified atom stereocenters. The Morgan fingerprint density at radius 1 is 1.40 bits per heavy atom. The molecule has 0 spiro atoms. The van der Waals surface area contributed by atoms with Crippen molar-refractivity contribution in [3.63, 3.8) is 0 Å². The summed E-state index contributed by atoms with van der Waals surface area (Å²) in [5, 5.41) is 0. The lowest BCUT2D eigenvalue weighted by Gasteiger charge is -2.30. The van der Waals surface area contributed by atoms with Crippen LogP contribution in [0.25, 0.3) is 0 Å². The van der Waals surface area contributed by atoms with E-state index in [0.717, 1.165) is 18.9 Å². The second-order valence-electron chi connectivity index (χ2n) is 8.25. The molecule has 116 valence electrons. The van der Waals surface area contributed by atoms with Gasteiger partial charge in [-0.25, -0.2) is 4.79 Å². The van der Waals surface area contributed by atoms with Gasteiger partial charge in [0.25, 0.3) is 0 Å². The Balaban J connectivity index is 1.88. The Labute approximate surface area is 124 Å². The highest BCUT2D eigenvalue weighted by molar-refractivity contribution is 5.69. The molecule has 0 aromatic rings. The Morgan fingerprint density at radius 2 is 2.00 bits per heavy atom. The maximum Gasteiger partial charge on any atom is 0.410 e. The van der Waals surface area contributed by atoms with Gasteiger partial charge in [0, 0.05) is 12.6 Å². The molecule has 0 radical (unpaired) electrons. The van der Waals surface area contributed by atoms with E-state index in [9.17, 15) is 4.79 Å². The van der Waals surface area contributed by atoms with E-state index in [1.807, 2.05) is 25.7 Å². The Hall–Kier alpha value is -0.730. The number of rotatable bonds is 3. The first-order chi connectivity index (χ1) is 9.12. The van der Waals surface area contributed by atoms with E-state index in [2.05, 4.69) is 20.8 Å². The summed E-state index contributed by atoms with van der Waals surface area (Å²) in [5.74, 6) is 1.41. The molecule has 2 rings (SSSR count). The maximum absolute atomic E-state index is 12.2. The summed E-state index contributed by atoms with van der Waals surface area (Å²) in [6.45, 7) is 13.6. The molecule has 2 fully saturated rings. The molecular formula is C17H31NO2. The van der Waals surface area contributed by atoms with E-state index < -0.39 is 5.60 Å². The van der Waals surface area contributed by atoms with E-state index in [4.69, 9.17) is 4.74 Å². The first kappa shape index (κ1) is 15.7. The van der Waals surface area contributed by atoms with Crippen LogP contribution in [0.3, 0.4) is 0 Å². The van der Waals surface area contributed by atoms with Crippen molar-refractivity contribution in [3.8, 4) is 0 Å². The molecule has 1 aliphatic carbocycles. The summed E-state index contributed by atoms with van der Waals surface area (Å²) in [7, 11) is 0. The normalized spacial score (nSPS) is 30.2. The van der Waals surface area contributed by atoms with Gasteiger partial charge in [-0.1, -0.05) is 13.8 Å². The lowest BCUT2D eigenvalue weighted by Crippen LogP contribution is -2.40. The van der Waals surface area contributed by atoms with Crippen molar-refractivity contribution in [3.05, 3.63) is 0 Å². The van der Waals surface area contributed by atoms with Crippen molar-refractivity contribution < 1.29 is 9.53 Å². The minimum Gasteiger partial charge on any atom is -0.444 e. The van der Waals surface area contributed by atoms with Crippen molar-refractivity contribution in [2.75, 3.05) is 6.54 Å². The van der Waals surface area contributed by atoms with Gasteiger partial charge in [0.15, 0.2) is 0 Å². The fourth-order valence-electron chi connectivity index (χ4n) is 3.33. The zero-order valence-corrected chi connectivity index (χ0v) is 14.0. The zero-order chi connectivity index (χ0) is 15.1. The molecule has 3 nitrogen and oxygen atoms in total. The second kappa shape index (κ2) is 5.23. The van der Waals surface area contributed by atoms with E-state index in [0.29, 0.717) is 17.4 Å². The molecule has 1 heterocycles. The van der Waals surface area contributed by atoms with Crippen LogP contribution in [0.4, 0.5) is 4.79 Å². The van der Waals surface area contributed by atoms with Crippen LogP contribution in [-0.4, -0.2) is 29.2 Å². The van der Waals surface area contributed by atoms with Crippen molar-refractivity contribution in [1.82, 2.24) is 4.90 Å². The predicted molar refractivity (Wildman–Crippen MR) is 81.6 cm³/mol. The topological polar surface area (TPSA) is 29.5 Å². The molecule has 0 aromatic heterocycles. The molecular weight excluding hydrogens is 250 g/mol. The number of nitrogens with zero attached hydrogens (tertiary/aromatic N) is 1. The molecule has 2 aliphatic rings. The highest BCUT2D eigenvalue weighted by Gasteiger charge is 2.45. The van der Waals surface area contributed by atoms with Crippen molar-refractivity contribution in [2.45, 2.75) is 78.9 Å². The highest BCUT2D eigenvalue weighted by atomic mass is 16.6. The molecule has 3 heteroatoms. The summed E-state index contributed by atoms with van der Waals surface area (Å²) in [6, 6.07) is 0.314. The van der Waals surface area contributed by atoms with Gasteiger partial charge in [-0.05, 0) is 70.6 Å². The predicted octanol–water partition coefficient (Wildman–Crippen LogP) is 4.46. The summed E-state index contributed by atoms with van der Waals surface area (Å²) < 4.78 is 5.51. The number of ether oxygens (including phenoxy) is 1. The summed E-state index contributed by atoms with van der Waals surface area (Å²) in [5.41, 5.74) is 0.183. The van der Waals surface area contributed by atoms with Crippen LogP contribution >= 0.6 is 0 Å². The van der Waals surface area contributed by atoms with Crippen LogP contribution < -0.4 is 0 Å². The minimum atomic E-state index is -0.399. The number of likely N-dealkylation sites (tertiary alicyclic amines) is 1. The fourth-order valence-corrected chi connectivity index (χ4v) is 3.33. The van der Waals surface area contributed by atoms with Crippen LogP contribution in [0.15, 0.2) is 0 Å². The van der Waals surface area contributed by atoms with Gasteiger partial charge in [0.1, 0.15) is 5.60 Å². The van der Waals surface area contributed by atoms with Gasteiger partial charge in [0.05, 0.1) is 0 Å². The molecule has 0 aromatic carbocycles. The largest absolute Gasteiger partial charge is 0.444 e. The smallest absolute Gasteiger partial charge is 0.410 e. The Kier molecular flexibility index (Phi) is 4.10. The molecule has 1 saturated heterocycles. The lowest BCUT2D eigenvalue weighted by molar-refractivity contribution is 0.0217. The van der Waals surface area contributed by atoms with Crippen LogP contribution in [0, 0.1) is 17.3 Å². The van der Waals surface area contributed by atoms with Gasteiger partial charge in [-0.15, -0.1) is 0 Å². The number of amides is 1. The van der Waals surface area contributed by atoms with E-state index in [-0.39, 0.29) is 6.09 Å². The van der Waals surface area contributed by atoms with Crippen LogP contribution in [-0.2, 0) is 4.74 Å². The first-order valence-corrected chi connectivity index (χ1v) is 8.12. The van der Waals surface area contributed by atoms with E-state index in [1.54, 1.807) is 0 Å². The van der Waals surface area contributed by atoms with Gasteiger partial charge in [-0.3, -0.25) is 0 Å². The summed E-state index contributed by atoms with van der Waals surface area (Å²) >= 11 is 0. The molecule has 1 amide bonds. The van der Waals surface area contributed by atoms with Gasteiger partial charge in [-0.2, -0.15) is 0 Å². The molecule has 0 N–H and O–H groups in total. The van der Waals surface area contributed by atoms with E-state index in [1.165, 1.54) is 19.3 Å². The van der Waals surface area contributed by atoms with Crippen molar-refractivity contribution in [2.24, 2.45) is 17.3 Å². The average molecular weight is 281 g/mol. The monoisotopic (exact) mass is 281 g/mol. The third-order valence-corrected chi connectivity index (χ3v) is 5.43. The quantitative estimate of drug-likeness (QED) is 0.764. The molecule has 20 heavy (non-hydrogen) atoms. The number of carbonyl (C=O) groups excluding carboxylic acids is 1. The van der Waals surface area contributed by atoms with Crippen LogP contribution in [0.2, 0.25) is 0 Å². The number of hydrogen-bond acceptors (Lipinski definition) is 2. The third-order valence-electron chi connectivity index (χ3n) is 5.43. The van der Waals surface area contributed by atoms with Crippen molar-refractivity contribution in [1.29, 1.82) is 0 Å². The minimum absolute atomic E-state index is 0.141. The molecule has 1 aliphatic heterocycles. The van der Waals surface area contributed by atoms with Crippen LogP contribution in [0.5, 0.6) is 0 Å². The van der Waals surface area contributed by atoms with E-state index >= 15 is 0 Å². The number of hydrogen-bond donors (Lipinski definition) is 0. The summed E-state index contributed by atoms with van der Waals surface area (Å²) in [4.78, 5) is 14.1. The fraction of sp³-hybridized carbons (Fsp3) is 0.941. The molecule has 1 saturated carbocycles. The highest BCUT2D eigenvalue weighted by Crippen LogP contribution is 2.54.